The Kier molecular flexibility index (Phi) is 4.97. The van der Waals surface area contributed by atoms with Gasteiger partial charge in [0.15, 0.2) is 0 Å². The molecule has 1 aromatic heterocycles. The number of hydrazine groups is 1. The summed E-state index contributed by atoms with van der Waals surface area (Å²) in [5, 5.41) is 4.06. The van der Waals surface area contributed by atoms with Crippen molar-refractivity contribution in [2.24, 2.45) is 11.8 Å². The minimum absolute atomic E-state index is 0.0689. The van der Waals surface area contributed by atoms with Gasteiger partial charge < -0.3 is 9.42 Å². The van der Waals surface area contributed by atoms with Gasteiger partial charge in [0, 0.05) is 24.6 Å². The first-order chi connectivity index (χ1) is 13.0. The first-order valence-electron chi connectivity index (χ1n) is 9.67. The molecule has 1 aliphatic carbocycles. The van der Waals surface area contributed by atoms with Crippen LogP contribution in [0.1, 0.15) is 37.6 Å². The van der Waals surface area contributed by atoms with Crippen molar-refractivity contribution in [3.63, 3.8) is 0 Å². The van der Waals surface area contributed by atoms with Crippen molar-refractivity contribution in [1.82, 2.24) is 25.9 Å². The molecule has 2 fully saturated rings. The fraction of sp³-hybridized carbons (Fsp3) is 0.550. The zero-order valence-electron chi connectivity index (χ0n) is 16.1. The van der Waals surface area contributed by atoms with Crippen molar-refractivity contribution in [1.29, 1.82) is 0 Å². The van der Waals surface area contributed by atoms with Crippen LogP contribution in [0.25, 0.3) is 11.4 Å². The van der Waals surface area contributed by atoms with Crippen molar-refractivity contribution in [3.05, 3.63) is 35.7 Å². The van der Waals surface area contributed by atoms with Crippen molar-refractivity contribution >= 4 is 5.91 Å². The van der Waals surface area contributed by atoms with Crippen LogP contribution in [0.3, 0.4) is 0 Å². The maximum atomic E-state index is 13.0. The molecule has 1 amide bonds. The van der Waals surface area contributed by atoms with E-state index in [1.807, 2.05) is 31.2 Å². The lowest BCUT2D eigenvalue weighted by atomic mass is 9.76. The molecule has 4 atom stereocenters. The van der Waals surface area contributed by atoms with Gasteiger partial charge in [0.1, 0.15) is 6.04 Å². The molecule has 1 aliphatic heterocycles. The smallest absolute Gasteiger partial charge is 0.246 e. The largest absolute Gasteiger partial charge is 0.337 e. The first kappa shape index (κ1) is 18.1. The summed E-state index contributed by atoms with van der Waals surface area (Å²) in [7, 11) is 1.79. The highest BCUT2D eigenvalue weighted by Crippen LogP contribution is 2.34. The summed E-state index contributed by atoms with van der Waals surface area (Å²) in [6, 6.07) is 8.16. The second-order valence-electron chi connectivity index (χ2n) is 8.03. The van der Waals surface area contributed by atoms with E-state index >= 15 is 0 Å². The summed E-state index contributed by atoms with van der Waals surface area (Å²) in [4.78, 5) is 19.1. The van der Waals surface area contributed by atoms with E-state index in [-0.39, 0.29) is 11.9 Å². The Balaban J connectivity index is 1.42. The maximum Gasteiger partial charge on any atom is 0.246 e. The molecule has 1 aromatic carbocycles. The molecule has 2 aliphatic rings. The van der Waals surface area contributed by atoms with E-state index in [1.165, 1.54) is 6.42 Å². The highest BCUT2D eigenvalue weighted by Gasteiger charge is 2.43. The van der Waals surface area contributed by atoms with E-state index in [0.29, 0.717) is 36.1 Å². The third-order valence-corrected chi connectivity index (χ3v) is 5.77. The van der Waals surface area contributed by atoms with Crippen LogP contribution in [0.2, 0.25) is 0 Å². The van der Waals surface area contributed by atoms with Crippen molar-refractivity contribution in [3.8, 4) is 11.4 Å². The second-order valence-corrected chi connectivity index (χ2v) is 8.03. The predicted molar refractivity (Wildman–Crippen MR) is 101 cm³/mol. The van der Waals surface area contributed by atoms with Crippen LogP contribution in [0.4, 0.5) is 0 Å². The van der Waals surface area contributed by atoms with E-state index < -0.39 is 0 Å². The third-order valence-electron chi connectivity index (χ3n) is 5.77. The van der Waals surface area contributed by atoms with Gasteiger partial charge in [-0.25, -0.2) is 5.43 Å². The number of hydrogen-bond donors (Lipinski definition) is 2. The van der Waals surface area contributed by atoms with Gasteiger partial charge >= 0.3 is 0 Å². The maximum absolute atomic E-state index is 13.0. The Bertz CT molecular complexity index is 820. The van der Waals surface area contributed by atoms with Crippen LogP contribution in [0.15, 0.2) is 28.8 Å². The van der Waals surface area contributed by atoms with Gasteiger partial charge in [-0.2, -0.15) is 4.98 Å². The minimum Gasteiger partial charge on any atom is -0.337 e. The number of aryl methyl sites for hydroxylation is 1. The molecule has 7 nitrogen and oxygen atoms in total. The molecule has 4 rings (SSSR count). The molecule has 7 heteroatoms. The first-order valence-corrected chi connectivity index (χ1v) is 9.67. The number of benzene rings is 1. The standard InChI is InChI=1S/C20H27N5O2/c1-12-5-4-6-14(9-12)19-21-17(27-24-19)11-25(3)20(26)18-15-10-13(2)7-8-16(15)22-23-18/h4-6,9,13,15-16,18,22-23H,7-8,10-11H2,1-3H3. The van der Waals surface area contributed by atoms with Gasteiger partial charge in [0.25, 0.3) is 0 Å². The zero-order chi connectivity index (χ0) is 19.0. The monoisotopic (exact) mass is 369 g/mol. The zero-order valence-corrected chi connectivity index (χ0v) is 16.1. The predicted octanol–water partition coefficient (Wildman–Crippen LogP) is 2.28. The van der Waals surface area contributed by atoms with Crippen molar-refractivity contribution < 1.29 is 9.32 Å². The second kappa shape index (κ2) is 7.40. The fourth-order valence-electron chi connectivity index (χ4n) is 4.26. The molecule has 2 heterocycles. The topological polar surface area (TPSA) is 83.3 Å². The molecule has 1 saturated carbocycles. The average molecular weight is 369 g/mol. The number of aromatic nitrogens is 2. The number of amides is 1. The number of fused-ring (bicyclic) bond motifs is 1. The molecule has 4 unspecified atom stereocenters. The summed E-state index contributed by atoms with van der Waals surface area (Å²) in [5.74, 6) is 2.08. The Labute approximate surface area is 159 Å². The summed E-state index contributed by atoms with van der Waals surface area (Å²) < 4.78 is 5.38. The lowest BCUT2D eigenvalue weighted by Gasteiger charge is -2.32. The average Bonchev–Trinajstić information content (AvgIpc) is 3.27. The molecule has 2 N–H and O–H groups in total. The molecule has 1 saturated heterocycles. The number of nitrogens with one attached hydrogen (secondary N) is 2. The van der Waals surface area contributed by atoms with Crippen LogP contribution in [-0.4, -0.2) is 40.1 Å². The highest BCUT2D eigenvalue weighted by molar-refractivity contribution is 5.82. The molecule has 144 valence electrons. The van der Waals surface area contributed by atoms with Crippen LogP contribution < -0.4 is 10.9 Å². The number of carbonyl (C=O) groups excluding carboxylic acids is 1. The highest BCUT2D eigenvalue weighted by atomic mass is 16.5. The van der Waals surface area contributed by atoms with Crippen LogP contribution in [0, 0.1) is 18.8 Å². The van der Waals surface area contributed by atoms with E-state index in [2.05, 4.69) is 27.9 Å². The molecular formula is C20H27N5O2. The lowest BCUT2D eigenvalue weighted by Crippen LogP contribution is -2.46. The fourth-order valence-corrected chi connectivity index (χ4v) is 4.26. The van der Waals surface area contributed by atoms with Crippen molar-refractivity contribution in [2.45, 2.75) is 51.7 Å². The molecule has 0 bridgehead atoms. The Morgan fingerprint density at radius 1 is 1.33 bits per heavy atom. The van der Waals surface area contributed by atoms with E-state index in [4.69, 9.17) is 4.52 Å². The molecule has 0 spiro atoms. The summed E-state index contributed by atoms with van der Waals surface area (Å²) in [6.07, 6.45) is 3.42. The van der Waals surface area contributed by atoms with Gasteiger partial charge in [0.2, 0.25) is 17.6 Å². The van der Waals surface area contributed by atoms with Gasteiger partial charge in [-0.05, 0) is 38.2 Å². The Hall–Kier alpha value is -2.25. The summed E-state index contributed by atoms with van der Waals surface area (Å²) >= 11 is 0. The Morgan fingerprint density at radius 3 is 3.00 bits per heavy atom. The number of nitrogens with zero attached hydrogens (tertiary/aromatic N) is 3. The van der Waals surface area contributed by atoms with Gasteiger partial charge in [-0.1, -0.05) is 35.8 Å². The van der Waals surface area contributed by atoms with E-state index in [0.717, 1.165) is 24.0 Å². The van der Waals surface area contributed by atoms with Gasteiger partial charge in [-0.3, -0.25) is 10.2 Å². The summed E-state index contributed by atoms with van der Waals surface area (Å²) in [5.41, 5.74) is 8.58. The SMILES string of the molecule is Cc1cccc(-c2noc(CN(C)C(=O)C3NNC4CCC(C)CC43)n2)c1. The third kappa shape index (κ3) is 3.75. The number of carbonyl (C=O) groups is 1. The lowest BCUT2D eigenvalue weighted by molar-refractivity contribution is -0.134. The van der Waals surface area contributed by atoms with E-state index in [1.54, 1.807) is 11.9 Å². The minimum atomic E-state index is -0.193. The Morgan fingerprint density at radius 2 is 2.19 bits per heavy atom. The van der Waals surface area contributed by atoms with Crippen LogP contribution >= 0.6 is 0 Å². The normalized spacial score (nSPS) is 27.4. The molecule has 0 radical (unpaired) electrons. The number of rotatable bonds is 4. The van der Waals surface area contributed by atoms with E-state index in [9.17, 15) is 4.79 Å². The molecular weight excluding hydrogens is 342 g/mol. The number of likely N-dealkylation sites (N-methyl/N-ethyl adjacent to an activating group) is 1. The van der Waals surface area contributed by atoms with Crippen LogP contribution in [0.5, 0.6) is 0 Å². The van der Waals surface area contributed by atoms with Gasteiger partial charge in [0.05, 0.1) is 6.54 Å². The molecule has 27 heavy (non-hydrogen) atoms. The summed E-state index contributed by atoms with van der Waals surface area (Å²) in [6.45, 7) is 4.60. The van der Waals surface area contributed by atoms with Crippen LogP contribution in [-0.2, 0) is 11.3 Å². The van der Waals surface area contributed by atoms with Gasteiger partial charge in [-0.15, -0.1) is 0 Å². The number of hydrogen-bond acceptors (Lipinski definition) is 6. The van der Waals surface area contributed by atoms with Crippen molar-refractivity contribution in [2.75, 3.05) is 7.05 Å². The molecule has 2 aromatic rings. The quantitative estimate of drug-likeness (QED) is 0.860.